The molecule has 0 unspecified atom stereocenters. The van der Waals surface area contributed by atoms with Crippen molar-refractivity contribution in [2.24, 2.45) is 4.99 Å². The van der Waals surface area contributed by atoms with Crippen molar-refractivity contribution in [3.8, 4) is 16.5 Å². The zero-order chi connectivity index (χ0) is 25.2. The summed E-state index contributed by atoms with van der Waals surface area (Å²) in [6.45, 7) is 5.10. The third-order valence-corrected chi connectivity index (χ3v) is 6.62. The Morgan fingerprint density at radius 1 is 1.39 bits per heavy atom. The third kappa shape index (κ3) is 5.39. The van der Waals surface area contributed by atoms with E-state index in [1.165, 1.54) is 11.3 Å². The zero-order valence-corrected chi connectivity index (χ0v) is 20.8. The molecule has 5 rings (SSSR count). The maximum absolute atomic E-state index is 12.6. The Morgan fingerprint density at radius 2 is 2.22 bits per heavy atom. The van der Waals surface area contributed by atoms with Gasteiger partial charge in [0.2, 0.25) is 5.88 Å². The molecule has 0 radical (unpaired) electrons. The van der Waals surface area contributed by atoms with Gasteiger partial charge in [0.1, 0.15) is 5.69 Å². The zero-order valence-electron chi connectivity index (χ0n) is 19.9. The Labute approximate surface area is 209 Å². The first-order valence-electron chi connectivity index (χ1n) is 11.8. The molecule has 0 aromatic carbocycles. The van der Waals surface area contributed by atoms with E-state index >= 15 is 0 Å². The number of carbonyl (C=O) groups is 1. The lowest BCUT2D eigenvalue weighted by Gasteiger charge is -2.07. The number of nitrogens with zero attached hydrogens (tertiary/aromatic N) is 4. The van der Waals surface area contributed by atoms with Crippen molar-refractivity contribution in [3.63, 3.8) is 0 Å². The van der Waals surface area contributed by atoms with E-state index in [0.717, 1.165) is 24.1 Å². The molecule has 0 spiro atoms. The van der Waals surface area contributed by atoms with Crippen LogP contribution >= 0.6 is 11.3 Å². The predicted molar refractivity (Wildman–Crippen MR) is 135 cm³/mol. The van der Waals surface area contributed by atoms with Gasteiger partial charge in [0.05, 0.1) is 33.8 Å². The standard InChI is InChI=1S/C24H27N7O4S/c1-13(2)35-9-3-8-25-23(33)19-7-6-18(36-19)16-11-20(27-15-4-5-15)31-21(28-16)14(12-26-31)10-17-22(32)30-24(34)29-17/h6-7,10-13,15,32H,3-5,8-9H2,1-2H3,(H,25,33)(H2,29,30,34)/b14-10-,27-20?. The molecule has 0 saturated heterocycles. The molecule has 1 fully saturated rings. The molecule has 4 N–H and O–H groups in total. The molecule has 188 valence electrons. The molecule has 11 nitrogen and oxygen atoms in total. The molecule has 4 heterocycles. The number of hydrogen-bond acceptors (Lipinski definition) is 8. The molecule has 1 aliphatic carbocycles. The summed E-state index contributed by atoms with van der Waals surface area (Å²) in [5.41, 5.74) is 1.58. The summed E-state index contributed by atoms with van der Waals surface area (Å²) >= 11 is 1.35. The highest BCUT2D eigenvalue weighted by molar-refractivity contribution is 7.17. The summed E-state index contributed by atoms with van der Waals surface area (Å²) in [7, 11) is 0. The van der Waals surface area contributed by atoms with Crippen molar-refractivity contribution < 1.29 is 14.6 Å². The second-order valence-electron chi connectivity index (χ2n) is 8.87. The molecule has 36 heavy (non-hydrogen) atoms. The molecule has 0 atom stereocenters. The number of aromatic hydroxyl groups is 1. The normalized spacial score (nSPS) is 14.9. The highest BCUT2D eigenvalue weighted by Crippen LogP contribution is 2.27. The van der Waals surface area contributed by atoms with E-state index < -0.39 is 5.69 Å². The third-order valence-electron chi connectivity index (χ3n) is 5.52. The van der Waals surface area contributed by atoms with Crippen molar-refractivity contribution in [1.82, 2.24) is 29.9 Å². The lowest BCUT2D eigenvalue weighted by Crippen LogP contribution is -2.24. The van der Waals surface area contributed by atoms with E-state index in [0.29, 0.717) is 40.1 Å². The monoisotopic (exact) mass is 509 g/mol. The fraction of sp³-hybridized carbons (Fsp3) is 0.375. The molecule has 0 bridgehead atoms. The van der Waals surface area contributed by atoms with E-state index in [1.54, 1.807) is 22.9 Å². The lowest BCUT2D eigenvalue weighted by atomic mass is 10.3. The highest BCUT2D eigenvalue weighted by atomic mass is 32.1. The molecule has 1 aliphatic rings. The largest absolute Gasteiger partial charge is 0.493 e. The number of aromatic nitrogens is 5. The number of imidazole rings is 1. The van der Waals surface area contributed by atoms with Crippen LogP contribution in [0.1, 0.15) is 48.5 Å². The van der Waals surface area contributed by atoms with Crippen LogP contribution in [0.15, 0.2) is 34.2 Å². The first kappa shape index (κ1) is 23.9. The van der Waals surface area contributed by atoms with Crippen molar-refractivity contribution in [2.45, 2.75) is 45.3 Å². The predicted octanol–water partition coefficient (Wildman–Crippen LogP) is 1.34. The number of H-pyrrole nitrogens is 2. The van der Waals surface area contributed by atoms with E-state index in [4.69, 9.17) is 14.7 Å². The van der Waals surface area contributed by atoms with Gasteiger partial charge in [0.25, 0.3) is 5.91 Å². The Hall–Kier alpha value is -3.77. The molecule has 4 aromatic heterocycles. The van der Waals surface area contributed by atoms with Gasteiger partial charge < -0.3 is 20.1 Å². The van der Waals surface area contributed by atoms with Crippen LogP contribution in [0.4, 0.5) is 0 Å². The summed E-state index contributed by atoms with van der Waals surface area (Å²) in [6.07, 6.45) is 6.19. The number of aromatic amines is 2. The van der Waals surface area contributed by atoms with Gasteiger partial charge in [-0.05, 0) is 51.3 Å². The van der Waals surface area contributed by atoms with Crippen LogP contribution in [-0.4, -0.2) is 60.9 Å². The Kier molecular flexibility index (Phi) is 6.70. The van der Waals surface area contributed by atoms with E-state index in [-0.39, 0.29) is 29.6 Å². The van der Waals surface area contributed by atoms with E-state index in [1.807, 2.05) is 26.0 Å². The van der Waals surface area contributed by atoms with Crippen LogP contribution < -0.4 is 21.7 Å². The summed E-state index contributed by atoms with van der Waals surface area (Å²) in [4.78, 5) is 40.0. The lowest BCUT2D eigenvalue weighted by molar-refractivity contribution is 0.0757. The molecule has 1 saturated carbocycles. The fourth-order valence-corrected chi connectivity index (χ4v) is 4.48. The number of rotatable bonds is 9. The van der Waals surface area contributed by atoms with Crippen LogP contribution in [0, 0.1) is 0 Å². The summed E-state index contributed by atoms with van der Waals surface area (Å²) in [6, 6.07) is 5.79. The average Bonchev–Trinajstić information content (AvgIpc) is 3.22. The minimum atomic E-state index is -0.509. The summed E-state index contributed by atoms with van der Waals surface area (Å²) in [5.74, 6) is -0.395. The number of hydrogen-bond donors (Lipinski definition) is 4. The second-order valence-corrected chi connectivity index (χ2v) is 9.96. The number of amides is 1. The van der Waals surface area contributed by atoms with Gasteiger partial charge in [-0.1, -0.05) is 0 Å². The molecule has 0 aliphatic heterocycles. The van der Waals surface area contributed by atoms with E-state index in [9.17, 15) is 14.7 Å². The molecule has 1 amide bonds. The maximum atomic E-state index is 12.6. The maximum Gasteiger partial charge on any atom is 0.326 e. The average molecular weight is 510 g/mol. The minimum Gasteiger partial charge on any atom is -0.493 e. The van der Waals surface area contributed by atoms with Gasteiger partial charge in [-0.15, -0.1) is 11.3 Å². The fourth-order valence-electron chi connectivity index (χ4n) is 3.60. The van der Waals surface area contributed by atoms with E-state index in [2.05, 4.69) is 20.4 Å². The molecule has 4 aromatic rings. The van der Waals surface area contributed by atoms with Crippen LogP contribution in [0.5, 0.6) is 5.88 Å². The van der Waals surface area contributed by atoms with Crippen LogP contribution in [0.25, 0.3) is 22.3 Å². The van der Waals surface area contributed by atoms with Crippen molar-refractivity contribution in [2.75, 3.05) is 13.2 Å². The van der Waals surface area contributed by atoms with Crippen molar-refractivity contribution in [1.29, 1.82) is 0 Å². The van der Waals surface area contributed by atoms with Crippen molar-refractivity contribution in [3.05, 3.63) is 56.2 Å². The van der Waals surface area contributed by atoms with Crippen LogP contribution in [0.3, 0.4) is 0 Å². The van der Waals surface area contributed by atoms with Crippen LogP contribution in [-0.2, 0) is 4.74 Å². The molecule has 12 heteroatoms. The quantitative estimate of drug-likeness (QED) is 0.250. The smallest absolute Gasteiger partial charge is 0.326 e. The Balaban J connectivity index is 1.46. The number of ether oxygens (including phenoxy) is 1. The number of nitrogens with one attached hydrogen (secondary N) is 3. The Morgan fingerprint density at radius 3 is 2.94 bits per heavy atom. The van der Waals surface area contributed by atoms with Crippen LogP contribution in [0.2, 0.25) is 0 Å². The minimum absolute atomic E-state index is 0.134. The van der Waals surface area contributed by atoms with Gasteiger partial charge in [0, 0.05) is 24.4 Å². The second kappa shape index (κ2) is 10.1. The SMILES string of the molecule is CC(C)OCCCNC(=O)c1ccc(-c2cc(=NC3CC3)n3nc/c(=C/c4[nH]c(=O)[nH]c4O)c3n2)s1. The number of thiophene rings is 1. The van der Waals surface area contributed by atoms with Gasteiger partial charge in [0.15, 0.2) is 11.1 Å². The molecular formula is C24H27N7O4S. The first-order valence-corrected chi connectivity index (χ1v) is 12.6. The van der Waals surface area contributed by atoms with Gasteiger partial charge in [-0.3, -0.25) is 14.8 Å². The highest BCUT2D eigenvalue weighted by Gasteiger charge is 2.21. The summed E-state index contributed by atoms with van der Waals surface area (Å²) < 4.78 is 7.16. The Bertz CT molecular complexity index is 1580. The van der Waals surface area contributed by atoms with Crippen molar-refractivity contribution >= 4 is 29.0 Å². The summed E-state index contributed by atoms with van der Waals surface area (Å²) in [5, 5.41) is 17.9. The first-order chi connectivity index (χ1) is 17.4. The topological polar surface area (TPSA) is 150 Å². The number of fused-ring (bicyclic) bond motifs is 1. The molecular weight excluding hydrogens is 482 g/mol. The van der Waals surface area contributed by atoms with Gasteiger partial charge in [-0.2, -0.15) is 9.61 Å². The van der Waals surface area contributed by atoms with Gasteiger partial charge >= 0.3 is 5.69 Å². The van der Waals surface area contributed by atoms with Gasteiger partial charge in [-0.25, -0.2) is 9.78 Å². The number of carbonyl (C=O) groups excluding carboxylic acids is 1.